The van der Waals surface area contributed by atoms with Crippen LogP contribution in [0.15, 0.2) is 66.7 Å². The third-order valence-electron chi connectivity index (χ3n) is 3.72. The van der Waals surface area contributed by atoms with E-state index in [1.54, 1.807) is 12.1 Å². The number of aliphatic hydroxyl groups is 1. The van der Waals surface area contributed by atoms with E-state index in [0.717, 1.165) is 11.1 Å². The molecule has 0 aliphatic rings. The van der Waals surface area contributed by atoms with Crippen molar-refractivity contribution in [2.24, 2.45) is 5.92 Å². The minimum Gasteiger partial charge on any atom is -0.506 e. The number of aliphatic hydroxyl groups excluding tert-OH is 1. The summed E-state index contributed by atoms with van der Waals surface area (Å²) in [7, 11) is 0. The van der Waals surface area contributed by atoms with Crippen LogP contribution in [0.1, 0.15) is 18.5 Å². The normalized spacial score (nSPS) is 13.4. The number of rotatable bonds is 6. The lowest BCUT2D eigenvalue weighted by atomic mass is 9.89. The molecule has 0 bridgehead atoms. The summed E-state index contributed by atoms with van der Waals surface area (Å²) in [5.41, 5.74) is 2.51. The van der Waals surface area contributed by atoms with E-state index in [1.165, 1.54) is 0 Å². The SMILES string of the molecule is C=C(CO)[C@@H](C)[C@H](Nc1ccccc1O)c1ccccc1. The summed E-state index contributed by atoms with van der Waals surface area (Å²) >= 11 is 0. The van der Waals surface area contributed by atoms with Gasteiger partial charge in [0.2, 0.25) is 0 Å². The maximum Gasteiger partial charge on any atom is 0.138 e. The molecule has 0 amide bonds. The number of para-hydroxylation sites is 2. The van der Waals surface area contributed by atoms with Crippen molar-refractivity contribution in [3.8, 4) is 5.75 Å². The van der Waals surface area contributed by atoms with Gasteiger partial charge in [0.15, 0.2) is 0 Å². The smallest absolute Gasteiger partial charge is 0.138 e. The van der Waals surface area contributed by atoms with Crippen molar-refractivity contribution >= 4 is 5.69 Å². The van der Waals surface area contributed by atoms with Gasteiger partial charge in [0, 0.05) is 5.92 Å². The highest BCUT2D eigenvalue weighted by Crippen LogP contribution is 2.33. The number of nitrogens with one attached hydrogen (secondary N) is 1. The summed E-state index contributed by atoms with van der Waals surface area (Å²) in [4.78, 5) is 0. The summed E-state index contributed by atoms with van der Waals surface area (Å²) < 4.78 is 0. The monoisotopic (exact) mass is 283 g/mol. The molecule has 0 saturated heterocycles. The second-order valence-electron chi connectivity index (χ2n) is 5.15. The molecule has 0 fully saturated rings. The molecule has 21 heavy (non-hydrogen) atoms. The van der Waals surface area contributed by atoms with E-state index in [2.05, 4.69) is 11.9 Å². The second kappa shape index (κ2) is 6.95. The molecule has 0 aromatic heterocycles. The fraction of sp³-hybridized carbons (Fsp3) is 0.222. The van der Waals surface area contributed by atoms with E-state index < -0.39 is 0 Å². The van der Waals surface area contributed by atoms with Gasteiger partial charge < -0.3 is 15.5 Å². The quantitative estimate of drug-likeness (QED) is 0.559. The van der Waals surface area contributed by atoms with Crippen LogP contribution in [0.25, 0.3) is 0 Å². The average molecular weight is 283 g/mol. The summed E-state index contributed by atoms with van der Waals surface area (Å²) in [5.74, 6) is 0.234. The molecule has 3 N–H and O–H groups in total. The Labute approximate surface area is 125 Å². The Bertz CT molecular complexity index is 595. The van der Waals surface area contributed by atoms with Crippen LogP contribution < -0.4 is 5.32 Å². The zero-order valence-corrected chi connectivity index (χ0v) is 12.2. The van der Waals surface area contributed by atoms with E-state index in [9.17, 15) is 10.2 Å². The Morgan fingerprint density at radius 1 is 1.10 bits per heavy atom. The van der Waals surface area contributed by atoms with Gasteiger partial charge in [-0.25, -0.2) is 0 Å². The fourth-order valence-electron chi connectivity index (χ4n) is 2.30. The van der Waals surface area contributed by atoms with E-state index >= 15 is 0 Å². The maximum absolute atomic E-state index is 9.95. The second-order valence-corrected chi connectivity index (χ2v) is 5.15. The van der Waals surface area contributed by atoms with Crippen LogP contribution in [-0.2, 0) is 0 Å². The van der Waals surface area contributed by atoms with E-state index in [-0.39, 0.29) is 24.3 Å². The molecule has 2 atom stereocenters. The molecule has 0 radical (unpaired) electrons. The van der Waals surface area contributed by atoms with Crippen LogP contribution in [0, 0.1) is 5.92 Å². The molecule has 110 valence electrons. The molecule has 0 unspecified atom stereocenters. The lowest BCUT2D eigenvalue weighted by molar-refractivity contribution is 0.312. The zero-order valence-electron chi connectivity index (χ0n) is 12.2. The number of phenolic OH excluding ortho intramolecular Hbond substituents is 1. The maximum atomic E-state index is 9.95. The Morgan fingerprint density at radius 2 is 1.71 bits per heavy atom. The van der Waals surface area contributed by atoms with E-state index in [1.807, 2.05) is 49.4 Å². The number of benzene rings is 2. The predicted octanol–water partition coefficient (Wildman–Crippen LogP) is 3.73. The number of hydrogen-bond acceptors (Lipinski definition) is 3. The van der Waals surface area contributed by atoms with Gasteiger partial charge >= 0.3 is 0 Å². The molecule has 0 spiro atoms. The average Bonchev–Trinajstić information content (AvgIpc) is 2.53. The van der Waals surface area contributed by atoms with Crippen molar-refractivity contribution < 1.29 is 10.2 Å². The van der Waals surface area contributed by atoms with E-state index in [4.69, 9.17) is 0 Å². The van der Waals surface area contributed by atoms with Crippen LogP contribution in [-0.4, -0.2) is 16.8 Å². The number of phenols is 1. The number of aromatic hydroxyl groups is 1. The van der Waals surface area contributed by atoms with Crippen molar-refractivity contribution in [1.29, 1.82) is 0 Å². The van der Waals surface area contributed by atoms with Gasteiger partial charge in [-0.3, -0.25) is 0 Å². The third kappa shape index (κ3) is 3.64. The Balaban J connectivity index is 2.33. The molecule has 0 aliphatic heterocycles. The van der Waals surface area contributed by atoms with Crippen molar-refractivity contribution in [1.82, 2.24) is 0 Å². The number of hydrogen-bond donors (Lipinski definition) is 3. The molecule has 2 rings (SSSR count). The van der Waals surface area contributed by atoms with Gasteiger partial charge in [-0.2, -0.15) is 0 Å². The summed E-state index contributed by atoms with van der Waals surface area (Å²) in [5, 5.41) is 22.7. The molecule has 3 nitrogen and oxygen atoms in total. The molecule has 0 heterocycles. The molecule has 2 aromatic carbocycles. The van der Waals surface area contributed by atoms with Crippen LogP contribution in [0.2, 0.25) is 0 Å². The van der Waals surface area contributed by atoms with Gasteiger partial charge in [0.1, 0.15) is 5.75 Å². The van der Waals surface area contributed by atoms with Gasteiger partial charge in [-0.1, -0.05) is 56.0 Å². The van der Waals surface area contributed by atoms with Crippen molar-refractivity contribution in [2.75, 3.05) is 11.9 Å². The third-order valence-corrected chi connectivity index (χ3v) is 3.72. The van der Waals surface area contributed by atoms with E-state index in [0.29, 0.717) is 5.69 Å². The minimum atomic E-state index is -0.0702. The molecular formula is C18H21NO2. The lowest BCUT2D eigenvalue weighted by Crippen LogP contribution is -2.21. The van der Waals surface area contributed by atoms with Crippen LogP contribution >= 0.6 is 0 Å². The minimum absolute atomic E-state index is 0.0250. The van der Waals surface area contributed by atoms with Gasteiger partial charge in [0.25, 0.3) is 0 Å². The first-order chi connectivity index (χ1) is 10.1. The largest absolute Gasteiger partial charge is 0.506 e. The first kappa shape index (κ1) is 15.1. The topological polar surface area (TPSA) is 52.5 Å². The van der Waals surface area contributed by atoms with Gasteiger partial charge in [0.05, 0.1) is 18.3 Å². The Hall–Kier alpha value is -2.26. The fourth-order valence-corrected chi connectivity index (χ4v) is 2.30. The zero-order chi connectivity index (χ0) is 15.2. The molecule has 2 aromatic rings. The molecule has 0 aliphatic carbocycles. The molecule has 3 heteroatoms. The van der Waals surface area contributed by atoms with Crippen LogP contribution in [0.3, 0.4) is 0 Å². The standard InChI is InChI=1S/C18H21NO2/c1-13(12-20)14(2)18(15-8-4-3-5-9-15)19-16-10-6-7-11-17(16)21/h3-11,14,18-21H,1,12H2,2H3/t14-,18+/m1/s1. The lowest BCUT2D eigenvalue weighted by Gasteiger charge is -2.28. The summed E-state index contributed by atoms with van der Waals surface area (Å²) in [6, 6.07) is 17.0. The highest BCUT2D eigenvalue weighted by Gasteiger charge is 2.22. The Morgan fingerprint density at radius 3 is 2.33 bits per heavy atom. The van der Waals surface area contributed by atoms with Crippen LogP contribution in [0.5, 0.6) is 5.75 Å². The Kier molecular flexibility index (Phi) is 5.01. The highest BCUT2D eigenvalue weighted by molar-refractivity contribution is 5.56. The molecular weight excluding hydrogens is 262 g/mol. The summed E-state index contributed by atoms with van der Waals surface area (Å²) in [6.45, 7) is 5.90. The van der Waals surface area contributed by atoms with Crippen molar-refractivity contribution in [3.05, 3.63) is 72.3 Å². The predicted molar refractivity (Wildman–Crippen MR) is 86.3 cm³/mol. The highest BCUT2D eigenvalue weighted by atomic mass is 16.3. The first-order valence-electron chi connectivity index (χ1n) is 7.01. The first-order valence-corrected chi connectivity index (χ1v) is 7.01. The van der Waals surface area contributed by atoms with Gasteiger partial charge in [-0.15, -0.1) is 0 Å². The van der Waals surface area contributed by atoms with Crippen molar-refractivity contribution in [3.63, 3.8) is 0 Å². The molecule has 0 saturated carbocycles. The number of anilines is 1. The van der Waals surface area contributed by atoms with Gasteiger partial charge in [-0.05, 0) is 23.3 Å². The van der Waals surface area contributed by atoms with Crippen LogP contribution in [0.4, 0.5) is 5.69 Å². The van der Waals surface area contributed by atoms with Crippen molar-refractivity contribution in [2.45, 2.75) is 13.0 Å². The summed E-state index contributed by atoms with van der Waals surface area (Å²) in [6.07, 6.45) is 0.